The van der Waals surface area contributed by atoms with Crippen molar-refractivity contribution in [2.45, 2.75) is 38.1 Å². The van der Waals surface area contributed by atoms with Gasteiger partial charge in [-0.25, -0.2) is 0 Å². The molecule has 0 radical (unpaired) electrons. The van der Waals surface area contributed by atoms with Crippen LogP contribution < -0.4 is 9.62 Å². The normalized spacial score (nSPS) is 16.3. The maximum atomic E-state index is 12.2. The van der Waals surface area contributed by atoms with E-state index in [4.69, 9.17) is 0 Å². The van der Waals surface area contributed by atoms with Gasteiger partial charge in [0.05, 0.1) is 5.69 Å². The van der Waals surface area contributed by atoms with Crippen molar-refractivity contribution in [3.05, 3.63) is 29.8 Å². The molecule has 6 nitrogen and oxygen atoms in total. The third-order valence-corrected chi connectivity index (χ3v) is 6.07. The van der Waals surface area contributed by atoms with E-state index in [1.54, 1.807) is 24.3 Å². The summed E-state index contributed by atoms with van der Waals surface area (Å²) >= 11 is 0. The Morgan fingerprint density at radius 1 is 1.04 bits per heavy atom. The molecule has 2 rings (SSSR count). The zero-order chi connectivity index (χ0) is 17.0. The van der Waals surface area contributed by atoms with E-state index < -0.39 is 10.2 Å². The molecular weight excluding hydrogens is 314 g/mol. The van der Waals surface area contributed by atoms with E-state index in [0.29, 0.717) is 11.3 Å². The Morgan fingerprint density at radius 2 is 1.61 bits per heavy atom. The number of amides is 1. The quantitative estimate of drug-likeness (QED) is 0.892. The van der Waals surface area contributed by atoms with Crippen molar-refractivity contribution in [2.75, 3.05) is 25.4 Å². The number of rotatable bonds is 5. The third kappa shape index (κ3) is 4.23. The van der Waals surface area contributed by atoms with Crippen LogP contribution in [-0.2, 0) is 10.2 Å². The van der Waals surface area contributed by atoms with Gasteiger partial charge in [-0.1, -0.05) is 19.3 Å². The van der Waals surface area contributed by atoms with Gasteiger partial charge in [-0.05, 0) is 37.1 Å². The maximum absolute atomic E-state index is 12.2. The van der Waals surface area contributed by atoms with Crippen LogP contribution in [0.4, 0.5) is 5.69 Å². The molecule has 1 amide bonds. The summed E-state index contributed by atoms with van der Waals surface area (Å²) in [6, 6.07) is 6.88. The molecule has 1 aromatic rings. The lowest BCUT2D eigenvalue weighted by molar-refractivity contribution is 0.0927. The molecule has 0 spiro atoms. The fourth-order valence-electron chi connectivity index (χ4n) is 2.72. The summed E-state index contributed by atoms with van der Waals surface area (Å²) in [5.74, 6) is -0.0958. The van der Waals surface area contributed by atoms with Gasteiger partial charge in [0, 0.05) is 32.7 Å². The first kappa shape index (κ1) is 17.7. The average molecular weight is 339 g/mol. The first-order valence-electron chi connectivity index (χ1n) is 7.89. The van der Waals surface area contributed by atoms with Crippen LogP contribution in [0.1, 0.15) is 42.5 Å². The van der Waals surface area contributed by atoms with Gasteiger partial charge < -0.3 is 5.32 Å². The highest BCUT2D eigenvalue weighted by Crippen LogP contribution is 2.20. The molecule has 0 unspecified atom stereocenters. The van der Waals surface area contributed by atoms with Crippen molar-refractivity contribution in [1.82, 2.24) is 9.62 Å². The molecule has 0 aromatic heterocycles. The van der Waals surface area contributed by atoms with Crippen LogP contribution in [0.25, 0.3) is 0 Å². The minimum Gasteiger partial charge on any atom is -0.349 e. The number of carbonyl (C=O) groups excluding carboxylic acids is 1. The minimum atomic E-state index is -3.52. The van der Waals surface area contributed by atoms with Gasteiger partial charge in [-0.15, -0.1) is 0 Å². The zero-order valence-electron chi connectivity index (χ0n) is 13.9. The fourth-order valence-corrected chi connectivity index (χ4v) is 3.59. The number of nitrogens with one attached hydrogen (secondary N) is 1. The SMILES string of the molecule is CN(C)S(=O)(=O)N(C)c1ccc(C(=O)NC2CCCCC2)cc1. The molecule has 1 aliphatic carbocycles. The van der Waals surface area contributed by atoms with Crippen molar-refractivity contribution in [3.8, 4) is 0 Å². The van der Waals surface area contributed by atoms with Crippen LogP contribution in [0.2, 0.25) is 0 Å². The van der Waals surface area contributed by atoms with E-state index in [-0.39, 0.29) is 11.9 Å². The van der Waals surface area contributed by atoms with Gasteiger partial charge in [0.15, 0.2) is 0 Å². The lowest BCUT2D eigenvalue weighted by Crippen LogP contribution is -2.37. The molecule has 128 valence electrons. The van der Waals surface area contributed by atoms with E-state index in [1.807, 2.05) is 0 Å². The van der Waals surface area contributed by atoms with Crippen molar-refractivity contribution in [1.29, 1.82) is 0 Å². The van der Waals surface area contributed by atoms with Crippen molar-refractivity contribution < 1.29 is 13.2 Å². The van der Waals surface area contributed by atoms with Gasteiger partial charge in [0.25, 0.3) is 5.91 Å². The standard InChI is InChI=1S/C16H25N3O3S/c1-18(2)23(21,22)19(3)15-11-9-13(10-12-15)16(20)17-14-7-5-4-6-8-14/h9-12,14H,4-8H2,1-3H3,(H,17,20). The molecule has 7 heteroatoms. The Hall–Kier alpha value is -1.60. The maximum Gasteiger partial charge on any atom is 0.303 e. The Labute approximate surface area is 138 Å². The Balaban J connectivity index is 2.05. The number of carbonyl (C=O) groups is 1. The molecule has 1 aliphatic rings. The zero-order valence-corrected chi connectivity index (χ0v) is 14.8. The Bertz CT molecular complexity index is 635. The molecule has 0 aliphatic heterocycles. The second-order valence-corrected chi connectivity index (χ2v) is 8.29. The summed E-state index contributed by atoms with van der Waals surface area (Å²) in [6.45, 7) is 0. The predicted molar refractivity (Wildman–Crippen MR) is 91.8 cm³/mol. The molecule has 1 aromatic carbocycles. The summed E-state index contributed by atoms with van der Waals surface area (Å²) < 4.78 is 26.5. The number of hydrogen-bond donors (Lipinski definition) is 1. The number of hydrogen-bond acceptors (Lipinski definition) is 3. The topological polar surface area (TPSA) is 69.7 Å². The van der Waals surface area contributed by atoms with Crippen LogP contribution in [0.3, 0.4) is 0 Å². The van der Waals surface area contributed by atoms with Gasteiger partial charge >= 0.3 is 10.2 Å². The summed E-state index contributed by atoms with van der Waals surface area (Å²) in [4.78, 5) is 12.2. The molecule has 1 fully saturated rings. The third-order valence-electron chi connectivity index (χ3n) is 4.24. The summed E-state index contributed by atoms with van der Waals surface area (Å²) in [6.07, 6.45) is 5.64. The average Bonchev–Trinajstić information content (AvgIpc) is 2.55. The van der Waals surface area contributed by atoms with Crippen LogP contribution in [0, 0.1) is 0 Å². The van der Waals surface area contributed by atoms with Gasteiger partial charge in [0.1, 0.15) is 0 Å². The molecule has 0 heterocycles. The molecule has 1 N–H and O–H groups in total. The van der Waals surface area contributed by atoms with Crippen LogP contribution in [-0.4, -0.2) is 45.8 Å². The lowest BCUT2D eigenvalue weighted by atomic mass is 9.95. The van der Waals surface area contributed by atoms with E-state index in [2.05, 4.69) is 5.32 Å². The number of benzene rings is 1. The van der Waals surface area contributed by atoms with E-state index in [9.17, 15) is 13.2 Å². The van der Waals surface area contributed by atoms with Crippen LogP contribution in [0.5, 0.6) is 0 Å². The van der Waals surface area contributed by atoms with Gasteiger partial charge in [0.2, 0.25) is 0 Å². The van der Waals surface area contributed by atoms with E-state index in [1.165, 1.54) is 31.9 Å². The lowest BCUT2D eigenvalue weighted by Gasteiger charge is -2.24. The molecule has 0 bridgehead atoms. The largest absolute Gasteiger partial charge is 0.349 e. The highest BCUT2D eigenvalue weighted by atomic mass is 32.2. The van der Waals surface area contributed by atoms with Crippen molar-refractivity contribution in [2.24, 2.45) is 0 Å². The molecule has 1 saturated carbocycles. The molecule has 23 heavy (non-hydrogen) atoms. The van der Waals surface area contributed by atoms with Crippen LogP contribution >= 0.6 is 0 Å². The summed E-state index contributed by atoms with van der Waals surface area (Å²) in [5.41, 5.74) is 1.07. The summed E-state index contributed by atoms with van der Waals surface area (Å²) in [5, 5.41) is 3.05. The smallest absolute Gasteiger partial charge is 0.303 e. The first-order valence-corrected chi connectivity index (χ1v) is 9.29. The van der Waals surface area contributed by atoms with Crippen LogP contribution in [0.15, 0.2) is 24.3 Å². The number of anilines is 1. The van der Waals surface area contributed by atoms with E-state index >= 15 is 0 Å². The van der Waals surface area contributed by atoms with Crippen molar-refractivity contribution in [3.63, 3.8) is 0 Å². The summed E-state index contributed by atoms with van der Waals surface area (Å²) in [7, 11) is 0.941. The van der Waals surface area contributed by atoms with Gasteiger partial charge in [-0.3, -0.25) is 9.10 Å². The fraction of sp³-hybridized carbons (Fsp3) is 0.562. The molecular formula is C16H25N3O3S. The Morgan fingerprint density at radius 3 is 2.13 bits per heavy atom. The second-order valence-electron chi connectivity index (χ2n) is 6.11. The monoisotopic (exact) mass is 339 g/mol. The van der Waals surface area contributed by atoms with Gasteiger partial charge in [-0.2, -0.15) is 12.7 Å². The highest BCUT2D eigenvalue weighted by molar-refractivity contribution is 7.90. The van der Waals surface area contributed by atoms with E-state index in [0.717, 1.165) is 30.0 Å². The second kappa shape index (κ2) is 7.31. The molecule has 0 atom stereocenters. The Kier molecular flexibility index (Phi) is 5.64. The first-order chi connectivity index (χ1) is 10.8. The predicted octanol–water partition coefficient (Wildman–Crippen LogP) is 1.99. The van der Waals surface area contributed by atoms with Crippen molar-refractivity contribution >= 4 is 21.8 Å². The minimum absolute atomic E-state index is 0.0958. The number of nitrogens with zero attached hydrogens (tertiary/aromatic N) is 2. The molecule has 0 saturated heterocycles. The highest BCUT2D eigenvalue weighted by Gasteiger charge is 2.21.